The van der Waals surface area contributed by atoms with E-state index >= 15 is 0 Å². The highest BCUT2D eigenvalue weighted by Gasteiger charge is 2.76. The number of ether oxygens (including phenoxy) is 16. The predicted octanol–water partition coefficient (Wildman–Crippen LogP) is -2.12. The van der Waals surface area contributed by atoms with Crippen LogP contribution in [0.15, 0.2) is 36.4 Å². The number of fused-ring (bicyclic) bond motifs is 21. The van der Waals surface area contributed by atoms with Crippen LogP contribution in [-0.4, -0.2) is 191 Å². The molecular weight excluding hydrogens is 1860 g/mol. The molecule has 48 heteroatoms. The highest BCUT2D eigenvalue weighted by atomic mass is 16.7. The molecule has 26 fully saturated rings. The summed E-state index contributed by atoms with van der Waals surface area (Å²) in [6.07, 6.45) is 7.63. The molecule has 0 N–H and O–H groups in total. The summed E-state index contributed by atoms with van der Waals surface area (Å²) in [5.41, 5.74) is -1.11. The third-order valence-corrected chi connectivity index (χ3v) is 32.7. The summed E-state index contributed by atoms with van der Waals surface area (Å²) in [6.45, 7) is 0. The van der Waals surface area contributed by atoms with Crippen molar-refractivity contribution in [2.75, 3.05) is 0 Å². The van der Waals surface area contributed by atoms with Crippen molar-refractivity contribution < 1.29 is 229 Å². The first kappa shape index (κ1) is 91.9. The Morgan fingerprint density at radius 3 is 0.935 bits per heavy atom. The number of hydrogen-bond donors (Lipinski definition) is 0. The molecule has 10 saturated carbocycles. The Kier molecular flexibility index (Phi) is 22.2. The Hall–Kier alpha value is -14.8. The van der Waals surface area contributed by atoms with E-state index in [2.05, 4.69) is 75.8 Å². The summed E-state index contributed by atoms with van der Waals surface area (Å²) in [6, 6.07) is 6.65. The zero-order valence-electron chi connectivity index (χ0n) is 71.6. The quantitative estimate of drug-likeness (QED) is 0.135. The fraction of sp³-hybridized carbons (Fsp3) is 0.560. The summed E-state index contributed by atoms with van der Waals surface area (Å²) < 4.78 is 72.9. The molecule has 0 amide bonds. The van der Waals surface area contributed by atoms with Gasteiger partial charge in [-0.1, -0.05) is 36.4 Å². The Morgan fingerprint density at radius 2 is 0.540 bits per heavy atom. The van der Waals surface area contributed by atoms with Crippen molar-refractivity contribution >= 4 is 191 Å². The van der Waals surface area contributed by atoms with Crippen molar-refractivity contribution in [2.45, 2.75) is 121 Å². The molecule has 12 aliphatic carbocycles. The molecule has 139 heavy (non-hydrogen) atoms. The monoisotopic (exact) mass is 1930 g/mol. The molecule has 28 aliphatic rings. The van der Waals surface area contributed by atoms with Gasteiger partial charge in [-0.15, -0.1) is 0 Å². The summed E-state index contributed by atoms with van der Waals surface area (Å²) in [7, 11) is 0. The molecule has 29 rings (SSSR count). The van der Waals surface area contributed by atoms with Crippen molar-refractivity contribution in [3.05, 3.63) is 47.5 Å². The Morgan fingerprint density at radius 1 is 0.216 bits per heavy atom. The van der Waals surface area contributed by atoms with Gasteiger partial charge in [0.2, 0.25) is 0 Å². The number of esters is 32. The van der Waals surface area contributed by atoms with Crippen LogP contribution in [0.3, 0.4) is 0 Å². The molecule has 1 aromatic rings. The first-order chi connectivity index (χ1) is 66.0. The van der Waals surface area contributed by atoms with E-state index in [1.807, 2.05) is 0 Å². The average molecular weight is 1930 g/mol. The molecule has 16 heterocycles. The highest BCUT2D eigenvalue weighted by molar-refractivity contribution is 6.10. The van der Waals surface area contributed by atoms with Crippen LogP contribution < -0.4 is 0 Å². The molecule has 48 nitrogen and oxygen atoms in total. The van der Waals surface area contributed by atoms with Crippen molar-refractivity contribution in [3.63, 3.8) is 0 Å². The van der Waals surface area contributed by atoms with Crippen LogP contribution in [0, 0.1) is 188 Å². The first-order valence-corrected chi connectivity index (χ1v) is 44.8. The maximum Gasteiger partial charge on any atom is 0.321 e. The molecule has 0 radical (unpaired) electrons. The second-order valence-electron chi connectivity index (χ2n) is 39.1. The van der Waals surface area contributed by atoms with Gasteiger partial charge in [0.15, 0.2) is 0 Å². The maximum absolute atomic E-state index is 11.8. The summed E-state index contributed by atoms with van der Waals surface area (Å²) in [5.74, 6) is -32.8. The third-order valence-electron chi connectivity index (χ3n) is 32.7. The molecule has 27 unspecified atom stereocenters. The van der Waals surface area contributed by atoms with Gasteiger partial charge < -0.3 is 75.8 Å². The molecular formula is C91H72O48. The molecule has 724 valence electrons. The first-order valence-electron chi connectivity index (χ1n) is 44.8. The van der Waals surface area contributed by atoms with Gasteiger partial charge >= 0.3 is 191 Å². The highest BCUT2D eigenvalue weighted by Crippen LogP contribution is 2.66. The Labute approximate surface area is 774 Å². The van der Waals surface area contributed by atoms with Crippen LogP contribution in [-0.2, 0) is 229 Å². The molecule has 16 aliphatic heterocycles. The maximum atomic E-state index is 11.8. The number of carbonyl (C=O) groups excluding carboxylic acids is 32. The molecule has 27 atom stereocenters. The molecule has 10 bridgehead atoms. The normalized spacial score (nSPS) is 41.2. The molecule has 2 spiro atoms. The zero-order chi connectivity index (χ0) is 98.7. The second-order valence-corrected chi connectivity index (χ2v) is 39.1. The summed E-state index contributed by atoms with van der Waals surface area (Å²) in [5, 5.41) is 0. The zero-order valence-corrected chi connectivity index (χ0v) is 71.6. The fourth-order valence-corrected chi connectivity index (χ4v) is 27.1. The lowest BCUT2D eigenvalue weighted by molar-refractivity contribution is -0.176. The lowest BCUT2D eigenvalue weighted by Gasteiger charge is -2.46. The fourth-order valence-electron chi connectivity index (χ4n) is 27.1. The number of hydrogen-bond acceptors (Lipinski definition) is 48. The van der Waals surface area contributed by atoms with E-state index in [0.29, 0.717) is 62.5 Å². The Balaban J connectivity index is 0.0000000979. The molecule has 16 saturated heterocycles. The van der Waals surface area contributed by atoms with Gasteiger partial charge in [-0.2, -0.15) is 0 Å². The van der Waals surface area contributed by atoms with Crippen LogP contribution in [0.5, 0.6) is 0 Å². The van der Waals surface area contributed by atoms with Crippen LogP contribution in [0.4, 0.5) is 0 Å². The topological polar surface area (TPSA) is 694 Å². The van der Waals surface area contributed by atoms with E-state index in [9.17, 15) is 153 Å². The molecule has 0 aromatic heterocycles. The van der Waals surface area contributed by atoms with E-state index in [4.69, 9.17) is 0 Å². The van der Waals surface area contributed by atoms with E-state index in [-0.39, 0.29) is 111 Å². The van der Waals surface area contributed by atoms with Crippen molar-refractivity contribution in [2.24, 2.45) is 188 Å². The number of cyclic esters (lactones) is 32. The lowest BCUT2D eigenvalue weighted by atomic mass is 9.51. The van der Waals surface area contributed by atoms with Gasteiger partial charge in [0.05, 0.1) is 186 Å². The summed E-state index contributed by atoms with van der Waals surface area (Å²) in [4.78, 5) is 366. The number of carbonyl (C=O) groups is 32. The van der Waals surface area contributed by atoms with Crippen LogP contribution >= 0.6 is 0 Å². The SMILES string of the molecule is O=C1CC(C2CCC3C(=O)OC(=O)C3C2)C(=O)O1.O=C1CC(c2ccc(C3CC(=O)OC3=O)cc2)C(=O)O1.O=C1CC2(CC(=O)O1)CC(=O)OC2=O.O=C1CC2(CC3CC2C(=O)OC3=O)C(=O)O1.O=C1CC2C3CC(C2C(=O)O1)C1C(=O)OC(=O)C31.O=C1OC(=O)C2C3C=CC(C12)C1C(=O)OC(=O)C31.O=C1OC(=O)C2C3CC(C12)C1C(=O)OC(=O)C31.O=C1OC(=O)C2C3CCC(C12)C1C(=O)OC(=O)C31. The van der Waals surface area contributed by atoms with Crippen LogP contribution in [0.2, 0.25) is 0 Å². The average Bonchev–Trinajstić information content (AvgIpc) is 1.53. The minimum atomic E-state index is -1.29. The van der Waals surface area contributed by atoms with Crippen molar-refractivity contribution in [1.82, 2.24) is 0 Å². The Bertz CT molecular complexity index is 5740. The standard InChI is InChI=1S/C14H10O6.2C12H10O6.C12H8O6.C12H12O6.C11H8O6.C10H8O6.C8H6O6/c15-11-5-9(13(17)19-11)7-1-2-8(4-3-7)10-6-12(16)20-14(10)18;13-6-2-4-3-1-5(7(4)10(14)17-6)9-8(3)11(15)18-12(9)16;2*13-9-5-3-1-2-4(7(5)11(15)17-9)8-6(3)10(14)18-12(8)16;13-9-4-7(11(15)17-9)5-1-2-6-8(3-5)12(16)18-10(6)14;12-8-4-2-1-3(6(4)10(14)16-8)7-5(2)9(13)17-11(7)15;11-6-3-10(9(14)15-6)2-4-1-5(10)8(13)16-7(4)12;9-4-1-8(2-5(10)13-4)3-6(11)14-7(8)12/h1-4,9-10H,5-6H2;3-5,7-9H,1-2H2;3-8H,1-2H2;1-8H;5-8H,1-4H2;2-7H,1H2;4-5H,1-3H2;1-3H2. The number of benzene rings is 1. The minimum Gasteiger partial charge on any atom is -0.393 e. The van der Waals surface area contributed by atoms with Gasteiger partial charge in [-0.3, -0.25) is 153 Å². The number of allylic oxidation sites excluding steroid dienone is 2. The van der Waals surface area contributed by atoms with Crippen molar-refractivity contribution in [1.29, 1.82) is 0 Å². The predicted molar refractivity (Wildman–Crippen MR) is 407 cm³/mol. The van der Waals surface area contributed by atoms with Crippen LogP contribution in [0.1, 0.15) is 132 Å². The van der Waals surface area contributed by atoms with Gasteiger partial charge in [0.1, 0.15) is 0 Å². The van der Waals surface area contributed by atoms with Crippen molar-refractivity contribution in [3.8, 4) is 0 Å². The molecule has 1 aromatic carbocycles. The lowest BCUT2D eigenvalue weighted by Crippen LogP contribution is -2.53. The largest absolute Gasteiger partial charge is 0.393 e. The van der Waals surface area contributed by atoms with Gasteiger partial charge in [0, 0.05) is 18.3 Å². The van der Waals surface area contributed by atoms with E-state index in [1.165, 1.54) is 0 Å². The second kappa shape index (κ2) is 33.5. The van der Waals surface area contributed by atoms with E-state index in [1.54, 1.807) is 36.4 Å². The minimum absolute atomic E-state index is 0.0299. The smallest absolute Gasteiger partial charge is 0.321 e. The van der Waals surface area contributed by atoms with Gasteiger partial charge in [0.25, 0.3) is 0 Å². The van der Waals surface area contributed by atoms with Gasteiger partial charge in [-0.25, -0.2) is 0 Å². The van der Waals surface area contributed by atoms with E-state index in [0.717, 1.165) is 0 Å². The van der Waals surface area contributed by atoms with Crippen LogP contribution in [0.25, 0.3) is 0 Å². The van der Waals surface area contributed by atoms with Gasteiger partial charge in [-0.05, 0) is 116 Å². The third kappa shape index (κ3) is 14.8. The van der Waals surface area contributed by atoms with E-state index < -0.39 is 338 Å². The number of rotatable bonds is 3. The summed E-state index contributed by atoms with van der Waals surface area (Å²) >= 11 is 0.